The van der Waals surface area contributed by atoms with E-state index < -0.39 is 0 Å². The first-order valence-corrected chi connectivity index (χ1v) is 18.0. The van der Waals surface area contributed by atoms with Crippen molar-refractivity contribution >= 4 is 0 Å². The Morgan fingerprint density at radius 3 is 1.41 bits per heavy atom. The van der Waals surface area contributed by atoms with E-state index in [1.54, 1.807) is 0 Å². The molecular weight excluding hydrogens is 514 g/mol. The third kappa shape index (κ3) is 22.9. The first kappa shape index (κ1) is 36.9. The van der Waals surface area contributed by atoms with Crippen LogP contribution in [0.15, 0.2) is 0 Å². The minimum absolute atomic E-state index is 0.0733. The fourth-order valence-electron chi connectivity index (χ4n) is 5.92. The minimum Gasteiger partial charge on any atom is -0.378 e. The molecule has 2 saturated heterocycles. The third-order valence-electron chi connectivity index (χ3n) is 8.58. The van der Waals surface area contributed by atoms with Gasteiger partial charge in [0.25, 0.3) is 0 Å². The molecule has 2 rings (SSSR count). The van der Waals surface area contributed by atoms with E-state index in [9.17, 15) is 0 Å². The first-order valence-electron chi connectivity index (χ1n) is 18.0. The lowest BCUT2D eigenvalue weighted by Gasteiger charge is -2.22. The Morgan fingerprint density at radius 1 is 0.537 bits per heavy atom. The summed E-state index contributed by atoms with van der Waals surface area (Å²) < 4.78 is 29.4. The van der Waals surface area contributed by atoms with E-state index in [0.29, 0.717) is 6.10 Å². The number of nitrogens with zero attached hydrogens (tertiary/aromatic N) is 1. The first-order chi connectivity index (χ1) is 20.2. The summed E-state index contributed by atoms with van der Waals surface area (Å²) in [5.74, 6) is 0. The molecule has 6 nitrogen and oxygen atoms in total. The summed E-state index contributed by atoms with van der Waals surface area (Å²) in [5.41, 5.74) is 0. The van der Waals surface area contributed by atoms with Crippen molar-refractivity contribution in [2.75, 3.05) is 53.7 Å². The van der Waals surface area contributed by atoms with Crippen molar-refractivity contribution in [3.8, 4) is 0 Å². The maximum absolute atomic E-state index is 6.40. The van der Waals surface area contributed by atoms with Gasteiger partial charge in [0.2, 0.25) is 0 Å². The monoisotopic (exact) mass is 584 g/mol. The molecule has 2 fully saturated rings. The van der Waals surface area contributed by atoms with Crippen LogP contribution in [0, 0.1) is 0 Å². The second-order valence-electron chi connectivity index (χ2n) is 12.9. The van der Waals surface area contributed by atoms with Gasteiger partial charge in [0.1, 0.15) is 0 Å². The average Bonchev–Trinajstić information content (AvgIpc) is 2.99. The number of hydrogen-bond acceptors (Lipinski definition) is 6. The maximum Gasteiger partial charge on any atom is 0.157 e. The van der Waals surface area contributed by atoms with Crippen molar-refractivity contribution in [2.24, 2.45) is 0 Å². The van der Waals surface area contributed by atoms with Gasteiger partial charge in [0.15, 0.2) is 12.6 Å². The minimum atomic E-state index is 0.0733. The van der Waals surface area contributed by atoms with E-state index in [1.165, 1.54) is 141 Å². The fourth-order valence-corrected chi connectivity index (χ4v) is 5.92. The van der Waals surface area contributed by atoms with E-state index in [-0.39, 0.29) is 12.6 Å². The lowest BCUT2D eigenvalue weighted by atomic mass is 10.0. The van der Waals surface area contributed by atoms with E-state index in [1.807, 2.05) is 0 Å². The van der Waals surface area contributed by atoms with Gasteiger partial charge in [0, 0.05) is 33.0 Å². The Hall–Kier alpha value is -0.240. The van der Waals surface area contributed by atoms with Gasteiger partial charge in [-0.3, -0.25) is 0 Å². The highest BCUT2D eigenvalue weighted by atomic mass is 16.7. The highest BCUT2D eigenvalue weighted by Gasteiger charge is 2.14. The molecule has 2 atom stereocenters. The number of unbranched alkanes of at least 4 members (excludes halogenated alkanes) is 13. The lowest BCUT2D eigenvalue weighted by molar-refractivity contribution is -0.163. The predicted molar refractivity (Wildman–Crippen MR) is 170 cm³/mol. The molecule has 41 heavy (non-hydrogen) atoms. The van der Waals surface area contributed by atoms with Crippen LogP contribution in [0.25, 0.3) is 0 Å². The standard InChI is InChI=1S/C35H69NO5/c1-36(2)27-17-22-28-37-33(23-13-9-5-3-7-11-18-29-38-34-25-15-20-31-40-34)24-14-10-6-4-8-12-19-30-39-35-26-16-21-32-41-35/h33-35H,3-32H2,1-2H3. The van der Waals surface area contributed by atoms with E-state index in [0.717, 1.165) is 52.4 Å². The lowest BCUT2D eigenvalue weighted by Crippen LogP contribution is -2.22. The summed E-state index contributed by atoms with van der Waals surface area (Å²) in [6, 6.07) is 0. The predicted octanol–water partition coefficient (Wildman–Crippen LogP) is 9.04. The van der Waals surface area contributed by atoms with Crippen LogP contribution >= 0.6 is 0 Å². The second-order valence-corrected chi connectivity index (χ2v) is 12.9. The van der Waals surface area contributed by atoms with Crippen LogP contribution in [0.5, 0.6) is 0 Å². The van der Waals surface area contributed by atoms with Gasteiger partial charge in [-0.15, -0.1) is 0 Å². The molecule has 2 aliphatic rings. The Balaban J connectivity index is 1.42. The van der Waals surface area contributed by atoms with Crippen molar-refractivity contribution in [3.63, 3.8) is 0 Å². The van der Waals surface area contributed by atoms with Gasteiger partial charge in [0.05, 0.1) is 6.10 Å². The molecule has 244 valence electrons. The molecule has 0 N–H and O–H groups in total. The number of ether oxygens (including phenoxy) is 5. The number of rotatable bonds is 28. The van der Waals surface area contributed by atoms with Crippen molar-refractivity contribution in [3.05, 3.63) is 0 Å². The molecule has 6 heteroatoms. The fraction of sp³-hybridized carbons (Fsp3) is 1.00. The third-order valence-corrected chi connectivity index (χ3v) is 8.58. The van der Waals surface area contributed by atoms with Crippen LogP contribution in [0.2, 0.25) is 0 Å². The molecule has 0 bridgehead atoms. The van der Waals surface area contributed by atoms with Crippen LogP contribution in [0.1, 0.15) is 154 Å². The van der Waals surface area contributed by atoms with Gasteiger partial charge in [-0.1, -0.05) is 77.0 Å². The van der Waals surface area contributed by atoms with Crippen molar-refractivity contribution in [1.82, 2.24) is 4.90 Å². The smallest absolute Gasteiger partial charge is 0.157 e. The van der Waals surface area contributed by atoms with E-state index >= 15 is 0 Å². The highest BCUT2D eigenvalue weighted by molar-refractivity contribution is 4.62. The zero-order valence-corrected chi connectivity index (χ0v) is 27.4. The molecule has 0 aromatic carbocycles. The van der Waals surface area contributed by atoms with E-state index in [4.69, 9.17) is 23.7 Å². The Bertz CT molecular complexity index is 499. The van der Waals surface area contributed by atoms with Gasteiger partial charge >= 0.3 is 0 Å². The zero-order chi connectivity index (χ0) is 29.1. The summed E-state index contributed by atoms with van der Waals surface area (Å²) in [5, 5.41) is 0. The molecular formula is C35H69NO5. The van der Waals surface area contributed by atoms with Gasteiger partial charge in [-0.2, -0.15) is 0 Å². The van der Waals surface area contributed by atoms with Gasteiger partial charge in [-0.25, -0.2) is 0 Å². The molecule has 0 amide bonds. The average molecular weight is 584 g/mol. The molecule has 0 spiro atoms. The largest absolute Gasteiger partial charge is 0.378 e. The molecule has 2 unspecified atom stereocenters. The van der Waals surface area contributed by atoms with Gasteiger partial charge < -0.3 is 28.6 Å². The number of hydrogen-bond donors (Lipinski definition) is 0. The topological polar surface area (TPSA) is 49.4 Å². The second kappa shape index (κ2) is 27.3. The SMILES string of the molecule is CN(C)CCCCOC(CCCCCCCCCOC1CCCCO1)CCCCCCCCCOC1CCCCO1. The summed E-state index contributed by atoms with van der Waals surface area (Å²) >= 11 is 0. The van der Waals surface area contributed by atoms with E-state index in [2.05, 4.69) is 19.0 Å². The van der Waals surface area contributed by atoms with Crippen LogP contribution in [0.4, 0.5) is 0 Å². The van der Waals surface area contributed by atoms with Crippen molar-refractivity contribution in [2.45, 2.75) is 173 Å². The highest BCUT2D eigenvalue weighted by Crippen LogP contribution is 2.19. The Morgan fingerprint density at radius 2 is 0.976 bits per heavy atom. The molecule has 0 aromatic heterocycles. The summed E-state index contributed by atoms with van der Waals surface area (Å²) in [7, 11) is 4.31. The molecule has 0 aromatic rings. The van der Waals surface area contributed by atoms with Crippen LogP contribution < -0.4 is 0 Å². The summed E-state index contributed by atoms with van der Waals surface area (Å²) in [6.07, 6.45) is 30.9. The van der Waals surface area contributed by atoms with Crippen LogP contribution in [-0.2, 0) is 23.7 Å². The summed E-state index contributed by atoms with van der Waals surface area (Å²) in [6.45, 7) is 5.57. The van der Waals surface area contributed by atoms with Crippen LogP contribution in [-0.4, -0.2) is 77.3 Å². The van der Waals surface area contributed by atoms with Crippen molar-refractivity contribution < 1.29 is 23.7 Å². The maximum atomic E-state index is 6.40. The Labute approximate surface area is 254 Å². The summed E-state index contributed by atoms with van der Waals surface area (Å²) in [4.78, 5) is 2.27. The Kier molecular flexibility index (Phi) is 24.6. The van der Waals surface area contributed by atoms with Crippen molar-refractivity contribution in [1.29, 1.82) is 0 Å². The molecule has 0 saturated carbocycles. The molecule has 0 radical (unpaired) electrons. The molecule has 0 aliphatic carbocycles. The van der Waals surface area contributed by atoms with Gasteiger partial charge in [-0.05, 0) is 97.7 Å². The van der Waals surface area contributed by atoms with Crippen LogP contribution in [0.3, 0.4) is 0 Å². The molecule has 2 heterocycles. The normalized spacial score (nSPS) is 20.6. The quantitative estimate of drug-likeness (QED) is 0.0857. The zero-order valence-electron chi connectivity index (χ0n) is 27.4. The molecule has 2 aliphatic heterocycles.